The van der Waals surface area contributed by atoms with Crippen LogP contribution in [0.5, 0.6) is 0 Å². The lowest BCUT2D eigenvalue weighted by Gasteiger charge is -2.30. The maximum Gasteiger partial charge on any atom is 0.226 e. The van der Waals surface area contributed by atoms with Crippen LogP contribution in [0, 0.1) is 0 Å². The van der Waals surface area contributed by atoms with Crippen molar-refractivity contribution >= 4 is 34.3 Å². The van der Waals surface area contributed by atoms with E-state index in [-0.39, 0.29) is 5.28 Å². The molecule has 1 aliphatic heterocycles. The third kappa shape index (κ3) is 1.74. The van der Waals surface area contributed by atoms with Gasteiger partial charge in [-0.3, -0.25) is 0 Å². The Hall–Kier alpha value is -2.14. The van der Waals surface area contributed by atoms with Crippen LogP contribution in [0.1, 0.15) is 12.0 Å². The Labute approximate surface area is 120 Å². The number of nitrogens with zero attached hydrogens (tertiary/aromatic N) is 4. The minimum Gasteiger partial charge on any atom is -0.340 e. The van der Waals surface area contributed by atoms with E-state index in [0.29, 0.717) is 5.65 Å². The molecule has 0 amide bonds. The molecular weight excluding hydrogens is 274 g/mol. The second kappa shape index (κ2) is 4.45. The number of benzene rings is 1. The standard InChI is InChI=1S/C14H12ClN5/c15-14-18-12-11(16-8-17-12)13(19-14)20-7-3-5-9-4-1-2-6-10(9)20/h1-2,4,6,8H,3,5,7H2,(H,16,17,18,19). The van der Waals surface area contributed by atoms with Gasteiger partial charge >= 0.3 is 0 Å². The predicted octanol–water partition coefficient (Wildman–Crippen LogP) is 3.09. The van der Waals surface area contributed by atoms with Gasteiger partial charge in [0.15, 0.2) is 11.5 Å². The monoisotopic (exact) mass is 285 g/mol. The van der Waals surface area contributed by atoms with E-state index in [1.807, 2.05) is 6.07 Å². The fourth-order valence-electron chi connectivity index (χ4n) is 2.74. The van der Waals surface area contributed by atoms with E-state index in [1.54, 1.807) is 6.33 Å². The first kappa shape index (κ1) is 11.7. The maximum absolute atomic E-state index is 6.02. The quantitative estimate of drug-likeness (QED) is 0.698. The lowest BCUT2D eigenvalue weighted by molar-refractivity contribution is 0.760. The first-order valence-corrected chi connectivity index (χ1v) is 6.93. The minimum absolute atomic E-state index is 0.225. The fourth-order valence-corrected chi connectivity index (χ4v) is 2.90. The van der Waals surface area contributed by atoms with E-state index in [0.717, 1.165) is 30.7 Å². The molecule has 0 saturated carbocycles. The highest BCUT2D eigenvalue weighted by Gasteiger charge is 2.22. The summed E-state index contributed by atoms with van der Waals surface area (Å²) in [5, 5.41) is 0.225. The molecule has 1 N–H and O–H groups in total. The van der Waals surface area contributed by atoms with Gasteiger partial charge in [-0.25, -0.2) is 4.98 Å². The van der Waals surface area contributed by atoms with Gasteiger partial charge in [-0.15, -0.1) is 0 Å². The van der Waals surface area contributed by atoms with Gasteiger partial charge in [-0.05, 0) is 36.1 Å². The number of aromatic nitrogens is 4. The molecule has 0 bridgehead atoms. The SMILES string of the molecule is Clc1nc(N2CCCc3ccccc32)c2[nH]cnc2n1. The molecule has 0 aliphatic carbocycles. The van der Waals surface area contributed by atoms with Crippen molar-refractivity contribution in [3.63, 3.8) is 0 Å². The first-order valence-electron chi connectivity index (χ1n) is 6.55. The molecule has 1 aromatic carbocycles. The lowest BCUT2D eigenvalue weighted by Crippen LogP contribution is -2.25. The van der Waals surface area contributed by atoms with Gasteiger partial charge in [0.05, 0.1) is 6.33 Å². The third-order valence-corrected chi connectivity index (χ3v) is 3.77. The van der Waals surface area contributed by atoms with Gasteiger partial charge in [-0.2, -0.15) is 9.97 Å². The summed E-state index contributed by atoms with van der Waals surface area (Å²) in [6, 6.07) is 8.40. The molecule has 5 nitrogen and oxygen atoms in total. The number of rotatable bonds is 1. The Morgan fingerprint density at radius 3 is 3.05 bits per heavy atom. The summed E-state index contributed by atoms with van der Waals surface area (Å²) in [5.74, 6) is 0.796. The number of H-pyrrole nitrogens is 1. The van der Waals surface area contributed by atoms with E-state index < -0.39 is 0 Å². The van der Waals surface area contributed by atoms with E-state index in [1.165, 1.54) is 11.3 Å². The molecule has 4 rings (SSSR count). The van der Waals surface area contributed by atoms with Crippen molar-refractivity contribution in [1.29, 1.82) is 0 Å². The summed E-state index contributed by atoms with van der Waals surface area (Å²) in [4.78, 5) is 18.0. The Bertz CT molecular complexity index is 782. The van der Waals surface area contributed by atoms with Crippen LogP contribution in [0.2, 0.25) is 5.28 Å². The predicted molar refractivity (Wildman–Crippen MR) is 78.5 cm³/mol. The molecule has 6 heteroatoms. The average Bonchev–Trinajstić information content (AvgIpc) is 2.94. The zero-order valence-electron chi connectivity index (χ0n) is 10.7. The molecule has 0 saturated heterocycles. The number of fused-ring (bicyclic) bond motifs is 2. The number of hydrogen-bond acceptors (Lipinski definition) is 4. The molecule has 0 unspecified atom stereocenters. The number of nitrogens with one attached hydrogen (secondary N) is 1. The van der Waals surface area contributed by atoms with Crippen LogP contribution in [0.15, 0.2) is 30.6 Å². The van der Waals surface area contributed by atoms with Crippen molar-refractivity contribution in [2.75, 3.05) is 11.4 Å². The summed E-state index contributed by atoms with van der Waals surface area (Å²) >= 11 is 6.02. The Morgan fingerprint density at radius 1 is 1.20 bits per heavy atom. The number of anilines is 2. The lowest BCUT2D eigenvalue weighted by atomic mass is 10.0. The molecule has 100 valence electrons. The van der Waals surface area contributed by atoms with Gasteiger partial charge in [-0.1, -0.05) is 18.2 Å². The second-order valence-corrected chi connectivity index (χ2v) is 5.14. The van der Waals surface area contributed by atoms with E-state index in [4.69, 9.17) is 11.6 Å². The molecule has 0 radical (unpaired) electrons. The minimum atomic E-state index is 0.225. The molecule has 0 spiro atoms. The number of hydrogen-bond donors (Lipinski definition) is 1. The van der Waals surface area contributed by atoms with Crippen LogP contribution in [0.4, 0.5) is 11.5 Å². The van der Waals surface area contributed by atoms with Crippen LogP contribution in [0.3, 0.4) is 0 Å². The van der Waals surface area contributed by atoms with Gasteiger partial charge in [0.2, 0.25) is 5.28 Å². The number of imidazole rings is 1. The van der Waals surface area contributed by atoms with Crippen molar-refractivity contribution in [3.05, 3.63) is 41.4 Å². The zero-order chi connectivity index (χ0) is 13.5. The Balaban J connectivity index is 1.94. The van der Waals surface area contributed by atoms with E-state index in [2.05, 4.69) is 43.0 Å². The van der Waals surface area contributed by atoms with Crippen LogP contribution in [-0.2, 0) is 6.42 Å². The van der Waals surface area contributed by atoms with Crippen LogP contribution in [0.25, 0.3) is 11.2 Å². The van der Waals surface area contributed by atoms with Crippen molar-refractivity contribution in [2.24, 2.45) is 0 Å². The fraction of sp³-hybridized carbons (Fsp3) is 0.214. The first-order chi connectivity index (χ1) is 9.83. The van der Waals surface area contributed by atoms with Gasteiger partial charge in [0, 0.05) is 12.2 Å². The van der Waals surface area contributed by atoms with Crippen LogP contribution in [-0.4, -0.2) is 26.5 Å². The molecule has 3 heterocycles. The van der Waals surface area contributed by atoms with Gasteiger partial charge in [0.25, 0.3) is 0 Å². The van der Waals surface area contributed by atoms with Gasteiger partial charge < -0.3 is 9.88 Å². The molecule has 1 aliphatic rings. The van der Waals surface area contributed by atoms with Crippen molar-refractivity contribution in [2.45, 2.75) is 12.8 Å². The second-order valence-electron chi connectivity index (χ2n) is 4.80. The summed E-state index contributed by atoms with van der Waals surface area (Å²) < 4.78 is 0. The number of para-hydroxylation sites is 1. The summed E-state index contributed by atoms with van der Waals surface area (Å²) in [6.45, 7) is 0.915. The van der Waals surface area contributed by atoms with Crippen LogP contribution < -0.4 is 4.90 Å². The summed E-state index contributed by atoms with van der Waals surface area (Å²) in [6.07, 6.45) is 3.81. The number of aryl methyl sites for hydroxylation is 1. The third-order valence-electron chi connectivity index (χ3n) is 3.61. The number of aromatic amines is 1. The normalized spacial score (nSPS) is 14.6. The molecule has 2 aromatic heterocycles. The molecule has 0 atom stereocenters. The smallest absolute Gasteiger partial charge is 0.226 e. The Morgan fingerprint density at radius 2 is 2.10 bits per heavy atom. The summed E-state index contributed by atoms with van der Waals surface area (Å²) in [7, 11) is 0. The topological polar surface area (TPSA) is 57.7 Å². The highest BCUT2D eigenvalue weighted by molar-refractivity contribution is 6.28. The van der Waals surface area contributed by atoms with E-state index >= 15 is 0 Å². The van der Waals surface area contributed by atoms with Crippen molar-refractivity contribution in [3.8, 4) is 0 Å². The Kier molecular flexibility index (Phi) is 2.60. The molecule has 20 heavy (non-hydrogen) atoms. The highest BCUT2D eigenvalue weighted by atomic mass is 35.5. The highest BCUT2D eigenvalue weighted by Crippen LogP contribution is 2.35. The zero-order valence-corrected chi connectivity index (χ0v) is 11.4. The average molecular weight is 286 g/mol. The van der Waals surface area contributed by atoms with Crippen molar-refractivity contribution < 1.29 is 0 Å². The van der Waals surface area contributed by atoms with Gasteiger partial charge in [0.1, 0.15) is 5.52 Å². The molecule has 3 aromatic rings. The molecular formula is C14H12ClN5. The molecule has 0 fully saturated rings. The largest absolute Gasteiger partial charge is 0.340 e. The van der Waals surface area contributed by atoms with Crippen LogP contribution >= 0.6 is 11.6 Å². The maximum atomic E-state index is 6.02. The van der Waals surface area contributed by atoms with Crippen molar-refractivity contribution in [1.82, 2.24) is 19.9 Å². The number of halogens is 1. The summed E-state index contributed by atoms with van der Waals surface area (Å²) in [5.41, 5.74) is 3.94. The van der Waals surface area contributed by atoms with E-state index in [9.17, 15) is 0 Å².